The maximum absolute atomic E-state index is 14.4. The van der Waals surface area contributed by atoms with Crippen LogP contribution in [0.15, 0.2) is 47.5 Å². The van der Waals surface area contributed by atoms with Crippen LogP contribution in [0.5, 0.6) is 5.75 Å². The molecule has 1 fully saturated rings. The minimum Gasteiger partial charge on any atom is -0.490 e. The molecular weight excluding hydrogens is 461 g/mol. The lowest BCUT2D eigenvalue weighted by Gasteiger charge is -2.29. The zero-order chi connectivity index (χ0) is 23.0. The van der Waals surface area contributed by atoms with Crippen LogP contribution in [0.1, 0.15) is 31.2 Å². The molecule has 3 N–H and O–H groups in total. The second-order valence-corrected chi connectivity index (χ2v) is 9.87. The highest BCUT2D eigenvalue weighted by Gasteiger charge is 2.16. The number of aliphatic hydroxyl groups is 1. The van der Waals surface area contributed by atoms with Crippen LogP contribution in [-0.2, 0) is 6.42 Å². The minimum absolute atomic E-state index is 0.156. The van der Waals surface area contributed by atoms with Gasteiger partial charge in [-0.15, -0.1) is 0 Å². The van der Waals surface area contributed by atoms with E-state index in [0.717, 1.165) is 73.7 Å². The molecule has 4 rings (SSSR count). The predicted molar refractivity (Wildman–Crippen MR) is 134 cm³/mol. The van der Waals surface area contributed by atoms with Crippen molar-refractivity contribution in [3.63, 3.8) is 0 Å². The number of halogens is 2. The number of aliphatic hydroxyl groups excluding tert-OH is 1. The summed E-state index contributed by atoms with van der Waals surface area (Å²) >= 11 is 7.55. The predicted octanol–water partition coefficient (Wildman–Crippen LogP) is 5.42. The van der Waals surface area contributed by atoms with Gasteiger partial charge in [0.25, 0.3) is 0 Å². The molecule has 2 aromatic carbocycles. The molecule has 8 heteroatoms. The molecule has 0 radical (unpaired) electrons. The van der Waals surface area contributed by atoms with Crippen molar-refractivity contribution in [2.75, 3.05) is 32.8 Å². The molecule has 1 aliphatic heterocycles. The van der Waals surface area contributed by atoms with Crippen LogP contribution in [0, 0.1) is 5.82 Å². The molecule has 5 nitrogen and oxygen atoms in total. The largest absolute Gasteiger partial charge is 0.490 e. The first-order valence-corrected chi connectivity index (χ1v) is 12.8. The number of hydrogen-bond acceptors (Lipinski definition) is 5. The highest BCUT2D eigenvalue weighted by Crippen LogP contribution is 2.25. The number of hydrogen-bond donors (Lipinski definition) is 3. The molecule has 0 atom stereocenters. The minimum atomic E-state index is -0.335. The van der Waals surface area contributed by atoms with E-state index in [0.29, 0.717) is 12.4 Å². The van der Waals surface area contributed by atoms with E-state index in [1.165, 1.54) is 29.0 Å². The lowest BCUT2D eigenvalue weighted by molar-refractivity contribution is 0.0799. The van der Waals surface area contributed by atoms with Crippen molar-refractivity contribution in [2.24, 2.45) is 0 Å². The topological polar surface area (TPSA) is 60.5 Å². The van der Waals surface area contributed by atoms with Gasteiger partial charge < -0.3 is 19.7 Å². The molecule has 0 spiro atoms. The lowest BCUT2D eigenvalue weighted by Crippen LogP contribution is -2.36. The number of H-pyrrole nitrogens is 1. The van der Waals surface area contributed by atoms with E-state index in [1.54, 1.807) is 6.07 Å². The summed E-state index contributed by atoms with van der Waals surface area (Å²) in [6.45, 7) is 4.05. The average molecular weight is 492 g/mol. The fourth-order valence-corrected chi connectivity index (χ4v) is 5.00. The number of piperidine rings is 1. The van der Waals surface area contributed by atoms with E-state index in [1.807, 2.05) is 30.5 Å². The maximum atomic E-state index is 14.4. The van der Waals surface area contributed by atoms with E-state index in [4.69, 9.17) is 16.3 Å². The molecule has 3 aromatic rings. The van der Waals surface area contributed by atoms with Crippen molar-refractivity contribution in [2.45, 2.75) is 43.1 Å². The molecule has 178 valence electrons. The number of aryl methyl sites for hydroxylation is 1. The van der Waals surface area contributed by atoms with Gasteiger partial charge in [0.05, 0.1) is 12.7 Å². The number of rotatable bonds is 11. The third-order valence-electron chi connectivity index (χ3n) is 5.98. The van der Waals surface area contributed by atoms with Gasteiger partial charge in [-0.1, -0.05) is 11.6 Å². The van der Waals surface area contributed by atoms with E-state index >= 15 is 0 Å². The monoisotopic (exact) mass is 491 g/mol. The van der Waals surface area contributed by atoms with Crippen LogP contribution in [0.25, 0.3) is 10.9 Å². The summed E-state index contributed by atoms with van der Waals surface area (Å²) in [7, 11) is 0. The number of fused-ring (bicyclic) bond motifs is 1. The molecule has 0 saturated carbocycles. The molecule has 0 bridgehead atoms. The van der Waals surface area contributed by atoms with Crippen molar-refractivity contribution >= 4 is 34.5 Å². The van der Waals surface area contributed by atoms with E-state index in [9.17, 15) is 9.50 Å². The Balaban J connectivity index is 1.14. The van der Waals surface area contributed by atoms with Crippen LogP contribution in [0.3, 0.4) is 0 Å². The van der Waals surface area contributed by atoms with Crippen molar-refractivity contribution < 1.29 is 14.2 Å². The number of aromatic amines is 1. The second-order valence-electron chi connectivity index (χ2n) is 8.47. The Morgan fingerprint density at radius 2 is 2.03 bits per heavy atom. The Hall–Kier alpha value is -1.77. The molecule has 1 aliphatic rings. The van der Waals surface area contributed by atoms with Gasteiger partial charge in [-0.25, -0.2) is 4.39 Å². The Kier molecular flexibility index (Phi) is 8.92. The lowest BCUT2D eigenvalue weighted by atomic mass is 10.1. The summed E-state index contributed by atoms with van der Waals surface area (Å²) in [5.74, 6) is -0.0371. The summed E-state index contributed by atoms with van der Waals surface area (Å²) in [5, 5.41) is 11.5. The molecule has 1 saturated heterocycles. The Morgan fingerprint density at radius 3 is 2.85 bits per heavy atom. The summed E-state index contributed by atoms with van der Waals surface area (Å²) in [4.78, 5) is 6.43. The molecule has 0 aliphatic carbocycles. The summed E-state index contributed by atoms with van der Waals surface area (Å²) in [6, 6.07) is 11.0. The smallest absolute Gasteiger partial charge is 0.166 e. The Morgan fingerprint density at radius 1 is 1.18 bits per heavy atom. The standard InChI is InChI=1S/C25H31ClFN3O2S/c26-19-4-6-24-22(15-19)18(17-28-24)3-1-10-29-33-21-5-7-25(23(27)16-21)32-14-2-11-30-12-8-20(31)9-13-30/h4-7,15-17,20,28-29,31H,1-3,8-14H2. The third-order valence-corrected chi connectivity index (χ3v) is 7.05. The van der Waals surface area contributed by atoms with Gasteiger partial charge in [-0.05, 0) is 86.0 Å². The highest BCUT2D eigenvalue weighted by atomic mass is 35.5. The normalized spacial score (nSPS) is 15.4. The quantitative estimate of drug-likeness (QED) is 0.247. The summed E-state index contributed by atoms with van der Waals surface area (Å²) in [5.41, 5.74) is 2.35. The van der Waals surface area contributed by atoms with Crippen molar-refractivity contribution in [1.29, 1.82) is 0 Å². The van der Waals surface area contributed by atoms with Gasteiger partial charge in [0.2, 0.25) is 0 Å². The molecule has 33 heavy (non-hydrogen) atoms. The van der Waals surface area contributed by atoms with E-state index < -0.39 is 0 Å². The van der Waals surface area contributed by atoms with Gasteiger partial charge in [0.1, 0.15) is 0 Å². The summed E-state index contributed by atoms with van der Waals surface area (Å²) in [6.07, 6.45) is 6.30. The number of nitrogens with one attached hydrogen (secondary N) is 2. The maximum Gasteiger partial charge on any atom is 0.166 e. The van der Waals surface area contributed by atoms with Crippen LogP contribution < -0.4 is 9.46 Å². The molecule has 0 unspecified atom stereocenters. The first-order chi connectivity index (χ1) is 16.1. The number of likely N-dealkylation sites (tertiary alicyclic amines) is 1. The fourth-order valence-electron chi connectivity index (χ4n) is 4.12. The van der Waals surface area contributed by atoms with E-state index in [-0.39, 0.29) is 11.9 Å². The first kappa shape index (κ1) is 24.4. The number of benzene rings is 2. The second kappa shape index (κ2) is 12.1. The Labute approximate surface area is 203 Å². The number of ether oxygens (including phenoxy) is 1. The molecule has 2 heterocycles. The van der Waals surface area contributed by atoms with Gasteiger partial charge in [0.15, 0.2) is 11.6 Å². The first-order valence-electron chi connectivity index (χ1n) is 11.6. The summed E-state index contributed by atoms with van der Waals surface area (Å²) < 4.78 is 23.3. The number of nitrogens with zero attached hydrogens (tertiary/aromatic N) is 1. The van der Waals surface area contributed by atoms with E-state index in [2.05, 4.69) is 14.6 Å². The van der Waals surface area contributed by atoms with Gasteiger partial charge in [-0.2, -0.15) is 0 Å². The highest BCUT2D eigenvalue weighted by molar-refractivity contribution is 7.97. The van der Waals surface area contributed by atoms with Crippen LogP contribution in [0.4, 0.5) is 4.39 Å². The number of aromatic nitrogens is 1. The average Bonchev–Trinajstić information content (AvgIpc) is 3.21. The van der Waals surface area contributed by atoms with Crippen molar-refractivity contribution in [3.8, 4) is 5.75 Å². The van der Waals surface area contributed by atoms with Crippen LogP contribution >= 0.6 is 23.5 Å². The molecular formula is C25H31ClFN3O2S. The zero-order valence-electron chi connectivity index (χ0n) is 18.7. The van der Waals surface area contributed by atoms with Crippen molar-refractivity contribution in [3.05, 3.63) is 59.0 Å². The fraction of sp³-hybridized carbons (Fsp3) is 0.440. The SMILES string of the molecule is OC1CCN(CCCOc2ccc(SNCCCc3c[nH]c4ccc(Cl)cc34)cc2F)CC1. The van der Waals surface area contributed by atoms with Gasteiger partial charge in [-0.3, -0.25) is 4.72 Å². The van der Waals surface area contributed by atoms with Crippen LogP contribution in [-0.4, -0.2) is 53.9 Å². The van der Waals surface area contributed by atoms with Crippen LogP contribution in [0.2, 0.25) is 5.02 Å². The molecule has 1 aromatic heterocycles. The molecule has 0 amide bonds. The zero-order valence-corrected chi connectivity index (χ0v) is 20.2. The van der Waals surface area contributed by atoms with Gasteiger partial charge in [0, 0.05) is 53.2 Å². The van der Waals surface area contributed by atoms with Gasteiger partial charge >= 0.3 is 0 Å². The van der Waals surface area contributed by atoms with Crippen molar-refractivity contribution in [1.82, 2.24) is 14.6 Å². The Bertz CT molecular complexity index is 1040. The third kappa shape index (κ3) is 7.11.